The van der Waals surface area contributed by atoms with E-state index in [9.17, 15) is 17.6 Å². The summed E-state index contributed by atoms with van der Waals surface area (Å²) >= 11 is 7.14. The molecule has 4 rings (SSSR count). The van der Waals surface area contributed by atoms with Gasteiger partial charge in [-0.3, -0.25) is 4.79 Å². The van der Waals surface area contributed by atoms with Gasteiger partial charge in [-0.25, -0.2) is 12.8 Å². The molecule has 2 aliphatic heterocycles. The second kappa shape index (κ2) is 7.97. The highest BCUT2D eigenvalue weighted by Gasteiger charge is 2.49. The van der Waals surface area contributed by atoms with Gasteiger partial charge in [-0.15, -0.1) is 0 Å². The molecular formula is C19H16ClFN2O4S2. The highest BCUT2D eigenvalue weighted by Crippen LogP contribution is 2.41. The lowest BCUT2D eigenvalue weighted by atomic mass is 10.2. The summed E-state index contributed by atoms with van der Waals surface area (Å²) < 4.78 is 43.2. The highest BCUT2D eigenvalue weighted by atomic mass is 35.5. The zero-order valence-electron chi connectivity index (χ0n) is 15.0. The number of hydrogen-bond acceptors (Lipinski definition) is 5. The first kappa shape index (κ1) is 20.2. The Hall–Kier alpha value is -2.10. The lowest BCUT2D eigenvalue weighted by Gasteiger charge is -2.24. The first-order valence-electron chi connectivity index (χ1n) is 8.73. The minimum atomic E-state index is -3.20. The van der Waals surface area contributed by atoms with Crippen LogP contribution in [0.15, 0.2) is 53.5 Å². The molecule has 0 aliphatic carbocycles. The topological polar surface area (TPSA) is 76.0 Å². The van der Waals surface area contributed by atoms with E-state index in [0.717, 1.165) is 0 Å². The number of benzene rings is 2. The Balaban J connectivity index is 1.59. The van der Waals surface area contributed by atoms with Crippen LogP contribution in [0.3, 0.4) is 0 Å². The summed E-state index contributed by atoms with van der Waals surface area (Å²) in [7, 11) is -3.20. The number of amides is 1. The van der Waals surface area contributed by atoms with Crippen molar-refractivity contribution in [2.75, 3.05) is 23.0 Å². The maximum atomic E-state index is 13.6. The fraction of sp³-hybridized carbons (Fsp3) is 0.263. The van der Waals surface area contributed by atoms with Gasteiger partial charge in [-0.1, -0.05) is 41.6 Å². The molecule has 2 saturated heterocycles. The highest BCUT2D eigenvalue weighted by molar-refractivity contribution is 8.16. The number of ether oxygens (including phenoxy) is 1. The van der Waals surface area contributed by atoms with E-state index in [2.05, 4.69) is 4.99 Å². The van der Waals surface area contributed by atoms with E-state index in [1.165, 1.54) is 30.0 Å². The molecule has 1 amide bonds. The van der Waals surface area contributed by atoms with Crippen LogP contribution in [0.2, 0.25) is 5.02 Å². The van der Waals surface area contributed by atoms with Crippen molar-refractivity contribution >= 4 is 50.0 Å². The molecule has 152 valence electrons. The monoisotopic (exact) mass is 454 g/mol. The lowest BCUT2D eigenvalue weighted by Crippen LogP contribution is -2.37. The first-order chi connectivity index (χ1) is 13.8. The molecule has 0 aromatic heterocycles. The van der Waals surface area contributed by atoms with Crippen LogP contribution in [-0.4, -0.2) is 48.9 Å². The average molecular weight is 455 g/mol. The molecule has 2 aromatic carbocycles. The van der Waals surface area contributed by atoms with Crippen LogP contribution in [0.1, 0.15) is 0 Å². The van der Waals surface area contributed by atoms with Crippen molar-refractivity contribution in [1.29, 1.82) is 0 Å². The van der Waals surface area contributed by atoms with E-state index in [-0.39, 0.29) is 28.4 Å². The van der Waals surface area contributed by atoms with Crippen LogP contribution < -0.4 is 9.64 Å². The number of nitrogens with zero attached hydrogens (tertiary/aromatic N) is 2. The van der Waals surface area contributed by atoms with Crippen LogP contribution >= 0.6 is 23.4 Å². The Morgan fingerprint density at radius 1 is 1.24 bits per heavy atom. The van der Waals surface area contributed by atoms with E-state index < -0.39 is 27.6 Å². The molecular weight excluding hydrogens is 439 g/mol. The molecule has 10 heteroatoms. The predicted molar refractivity (Wildman–Crippen MR) is 112 cm³/mol. The largest absolute Gasteiger partial charge is 0.484 e. The summed E-state index contributed by atoms with van der Waals surface area (Å²) in [6.07, 6.45) is 0. The second-order valence-corrected chi connectivity index (χ2v) is 10.4. The van der Waals surface area contributed by atoms with Crippen molar-refractivity contribution in [2.24, 2.45) is 4.99 Å². The van der Waals surface area contributed by atoms with Crippen molar-refractivity contribution < 1.29 is 22.3 Å². The zero-order valence-corrected chi connectivity index (χ0v) is 17.4. The van der Waals surface area contributed by atoms with Crippen LogP contribution in [0.4, 0.5) is 10.1 Å². The van der Waals surface area contributed by atoms with Gasteiger partial charge in [0.1, 0.15) is 11.6 Å². The number of sulfone groups is 1. The SMILES string of the molecule is O=C(COc1ccccc1)N=C1S[C@H]2CS(=O)(=O)C[C@@H]2N1c1ccc(F)c(Cl)c1. The third kappa shape index (κ3) is 4.41. The zero-order chi connectivity index (χ0) is 20.6. The third-order valence-electron chi connectivity index (χ3n) is 4.57. The number of thioether (sulfide) groups is 1. The summed E-state index contributed by atoms with van der Waals surface area (Å²) in [6, 6.07) is 12.6. The van der Waals surface area contributed by atoms with Gasteiger partial charge in [0.15, 0.2) is 21.6 Å². The third-order valence-corrected chi connectivity index (χ3v) is 8.07. The Labute approximate surface area is 176 Å². The van der Waals surface area contributed by atoms with Crippen LogP contribution in [0, 0.1) is 5.82 Å². The number of hydrogen-bond donors (Lipinski definition) is 0. The fourth-order valence-electron chi connectivity index (χ4n) is 3.30. The molecule has 0 radical (unpaired) electrons. The molecule has 0 N–H and O–H groups in total. The maximum Gasteiger partial charge on any atom is 0.285 e. The van der Waals surface area contributed by atoms with E-state index in [0.29, 0.717) is 16.6 Å². The molecule has 2 atom stereocenters. The van der Waals surface area contributed by atoms with E-state index >= 15 is 0 Å². The van der Waals surface area contributed by atoms with Crippen molar-refractivity contribution in [3.05, 3.63) is 59.4 Å². The van der Waals surface area contributed by atoms with E-state index in [1.54, 1.807) is 29.2 Å². The first-order valence-corrected chi connectivity index (χ1v) is 11.8. The molecule has 2 aromatic rings. The molecule has 0 saturated carbocycles. The van der Waals surface area contributed by atoms with E-state index in [1.807, 2.05) is 6.07 Å². The standard InChI is InChI=1S/C19H16ClFN2O4S2/c20-14-8-12(6-7-15(14)21)23-16-10-29(25,26)11-17(16)28-19(23)22-18(24)9-27-13-4-2-1-3-5-13/h1-8,16-17H,9-11H2/t16-,17-/m0/s1. The number of fused-ring (bicyclic) bond motifs is 1. The lowest BCUT2D eigenvalue weighted by molar-refractivity contribution is -0.119. The molecule has 0 bridgehead atoms. The summed E-state index contributed by atoms with van der Waals surface area (Å²) in [5.74, 6) is -0.596. The minimum Gasteiger partial charge on any atom is -0.484 e. The maximum absolute atomic E-state index is 13.6. The van der Waals surface area contributed by atoms with Crippen LogP contribution in [0.5, 0.6) is 5.75 Å². The van der Waals surface area contributed by atoms with Crippen molar-refractivity contribution in [3.8, 4) is 5.75 Å². The second-order valence-electron chi connectivity index (χ2n) is 6.66. The normalized spacial score (nSPS) is 23.9. The van der Waals surface area contributed by atoms with Crippen LogP contribution in [-0.2, 0) is 14.6 Å². The van der Waals surface area contributed by atoms with Gasteiger partial charge in [-0.05, 0) is 30.3 Å². The van der Waals surface area contributed by atoms with Gasteiger partial charge >= 0.3 is 0 Å². The Bertz CT molecular complexity index is 1080. The molecule has 2 fully saturated rings. The summed E-state index contributed by atoms with van der Waals surface area (Å²) in [5, 5.41) is 0.0135. The molecule has 0 unspecified atom stereocenters. The Morgan fingerprint density at radius 2 is 2.00 bits per heavy atom. The smallest absolute Gasteiger partial charge is 0.285 e. The summed E-state index contributed by atoms with van der Waals surface area (Å²) in [4.78, 5) is 18.2. The summed E-state index contributed by atoms with van der Waals surface area (Å²) in [5.41, 5.74) is 0.490. The minimum absolute atomic E-state index is 0.00147. The van der Waals surface area contributed by atoms with Gasteiger partial charge in [-0.2, -0.15) is 4.99 Å². The average Bonchev–Trinajstić information content (AvgIpc) is 3.14. The molecule has 6 nitrogen and oxygen atoms in total. The number of carbonyl (C=O) groups is 1. The van der Waals surface area contributed by atoms with Crippen molar-refractivity contribution in [2.45, 2.75) is 11.3 Å². The predicted octanol–water partition coefficient (Wildman–Crippen LogP) is 3.16. The van der Waals surface area contributed by atoms with E-state index in [4.69, 9.17) is 16.3 Å². The van der Waals surface area contributed by atoms with Crippen molar-refractivity contribution in [3.63, 3.8) is 0 Å². The quantitative estimate of drug-likeness (QED) is 0.706. The van der Waals surface area contributed by atoms with Gasteiger partial charge in [0.2, 0.25) is 0 Å². The number of para-hydroxylation sites is 1. The number of amidine groups is 1. The molecule has 29 heavy (non-hydrogen) atoms. The van der Waals surface area contributed by atoms with Crippen molar-refractivity contribution in [1.82, 2.24) is 0 Å². The molecule has 0 spiro atoms. The number of aliphatic imine (C=N–C) groups is 1. The summed E-state index contributed by atoms with van der Waals surface area (Å²) in [6.45, 7) is -0.250. The van der Waals surface area contributed by atoms with Gasteiger partial charge in [0, 0.05) is 10.9 Å². The number of halogens is 2. The number of rotatable bonds is 4. The van der Waals surface area contributed by atoms with Gasteiger partial charge in [0.05, 0.1) is 22.6 Å². The van der Waals surface area contributed by atoms with Gasteiger partial charge < -0.3 is 9.64 Å². The molecule has 2 aliphatic rings. The number of anilines is 1. The number of carbonyl (C=O) groups excluding carboxylic acids is 1. The Kier molecular flexibility index (Phi) is 5.54. The van der Waals surface area contributed by atoms with Crippen LogP contribution in [0.25, 0.3) is 0 Å². The molecule has 2 heterocycles. The Morgan fingerprint density at radius 3 is 2.72 bits per heavy atom. The van der Waals surface area contributed by atoms with Gasteiger partial charge in [0.25, 0.3) is 5.91 Å². The fourth-order valence-corrected chi connectivity index (χ4v) is 7.41.